The Morgan fingerprint density at radius 2 is 2.11 bits per heavy atom. The first kappa shape index (κ1) is 12.4. The molecule has 1 aromatic heterocycles. The summed E-state index contributed by atoms with van der Waals surface area (Å²) in [6.07, 6.45) is 8.71. The van der Waals surface area contributed by atoms with Crippen LogP contribution in [0.1, 0.15) is 25.7 Å². The van der Waals surface area contributed by atoms with E-state index in [2.05, 4.69) is 36.1 Å². The Kier molecular flexibility index (Phi) is 3.80. The van der Waals surface area contributed by atoms with E-state index in [4.69, 9.17) is 0 Å². The zero-order chi connectivity index (χ0) is 12.4. The average molecular weight is 311 g/mol. The largest absolute Gasteiger partial charge is 0.356 e. The van der Waals surface area contributed by atoms with Crippen LogP contribution in [0.4, 0.5) is 5.82 Å². The highest BCUT2D eigenvalue weighted by Gasteiger charge is 2.29. The Hall–Kier alpha value is -0.680. The van der Waals surface area contributed by atoms with Crippen LogP contribution in [0.3, 0.4) is 0 Å². The van der Waals surface area contributed by atoms with Gasteiger partial charge in [-0.1, -0.05) is 0 Å². The lowest BCUT2D eigenvalue weighted by molar-refractivity contribution is 0.318. The van der Waals surface area contributed by atoms with E-state index in [0.717, 1.165) is 35.3 Å². The third-order valence-electron chi connectivity index (χ3n) is 4.15. The van der Waals surface area contributed by atoms with Crippen molar-refractivity contribution in [3.63, 3.8) is 0 Å². The molecule has 18 heavy (non-hydrogen) atoms. The third kappa shape index (κ3) is 2.52. The summed E-state index contributed by atoms with van der Waals surface area (Å²) in [4.78, 5) is 10.8. The van der Waals surface area contributed by atoms with Crippen LogP contribution in [0.15, 0.2) is 17.0 Å². The molecule has 2 aliphatic rings. The molecule has 2 saturated heterocycles. The molecule has 98 valence electrons. The van der Waals surface area contributed by atoms with Gasteiger partial charge in [0, 0.05) is 25.3 Å². The molecular formula is C13H19BrN4. The molecule has 5 heteroatoms. The highest BCUT2D eigenvalue weighted by Crippen LogP contribution is 2.30. The SMILES string of the molecule is Brc1cncnc1N1CCC(C2CCCN2)CC1. The lowest BCUT2D eigenvalue weighted by Gasteiger charge is -2.35. The number of aromatic nitrogens is 2. The van der Waals surface area contributed by atoms with Crippen molar-refractivity contribution in [3.05, 3.63) is 17.0 Å². The second-order valence-electron chi connectivity index (χ2n) is 5.22. The highest BCUT2D eigenvalue weighted by molar-refractivity contribution is 9.10. The summed E-state index contributed by atoms with van der Waals surface area (Å²) in [7, 11) is 0. The Morgan fingerprint density at radius 1 is 1.28 bits per heavy atom. The summed E-state index contributed by atoms with van der Waals surface area (Å²) in [6.45, 7) is 3.43. The smallest absolute Gasteiger partial charge is 0.146 e. The Morgan fingerprint density at radius 3 is 2.78 bits per heavy atom. The van der Waals surface area contributed by atoms with Crippen molar-refractivity contribution in [3.8, 4) is 0 Å². The summed E-state index contributed by atoms with van der Waals surface area (Å²) in [6, 6.07) is 0.765. The standard InChI is InChI=1S/C13H19BrN4/c14-11-8-15-9-17-13(11)18-6-3-10(4-7-18)12-2-1-5-16-12/h8-10,12,16H,1-7H2. The Labute approximate surface area is 116 Å². The zero-order valence-electron chi connectivity index (χ0n) is 10.5. The summed E-state index contributed by atoms with van der Waals surface area (Å²) < 4.78 is 1.00. The van der Waals surface area contributed by atoms with Crippen molar-refractivity contribution in [2.24, 2.45) is 5.92 Å². The molecule has 0 bridgehead atoms. The number of hydrogen-bond acceptors (Lipinski definition) is 4. The van der Waals surface area contributed by atoms with Crippen LogP contribution in [0.2, 0.25) is 0 Å². The normalized spacial score (nSPS) is 25.6. The van der Waals surface area contributed by atoms with Crippen molar-refractivity contribution >= 4 is 21.7 Å². The molecule has 0 saturated carbocycles. The van der Waals surface area contributed by atoms with E-state index in [1.165, 1.54) is 32.2 Å². The molecule has 2 fully saturated rings. The highest BCUT2D eigenvalue weighted by atomic mass is 79.9. The first-order valence-electron chi connectivity index (χ1n) is 6.78. The Bertz CT molecular complexity index is 398. The quantitative estimate of drug-likeness (QED) is 0.909. The summed E-state index contributed by atoms with van der Waals surface area (Å²) in [5.41, 5.74) is 0. The minimum absolute atomic E-state index is 0.765. The number of halogens is 1. The number of nitrogens with one attached hydrogen (secondary N) is 1. The van der Waals surface area contributed by atoms with E-state index in [1.807, 2.05) is 6.20 Å². The summed E-state index contributed by atoms with van der Waals surface area (Å²) >= 11 is 3.53. The molecule has 3 rings (SSSR count). The lowest BCUT2D eigenvalue weighted by atomic mass is 9.88. The number of hydrogen-bond donors (Lipinski definition) is 1. The van der Waals surface area contributed by atoms with E-state index in [9.17, 15) is 0 Å². The number of rotatable bonds is 2. The van der Waals surface area contributed by atoms with Gasteiger partial charge in [0.15, 0.2) is 0 Å². The van der Waals surface area contributed by atoms with Crippen LogP contribution < -0.4 is 10.2 Å². The maximum Gasteiger partial charge on any atom is 0.146 e. The van der Waals surface area contributed by atoms with Crippen LogP contribution in [-0.2, 0) is 0 Å². The number of anilines is 1. The van der Waals surface area contributed by atoms with E-state index in [-0.39, 0.29) is 0 Å². The van der Waals surface area contributed by atoms with Crippen molar-refractivity contribution in [1.29, 1.82) is 0 Å². The minimum Gasteiger partial charge on any atom is -0.356 e. The fourth-order valence-electron chi connectivity index (χ4n) is 3.17. The predicted molar refractivity (Wildman–Crippen MR) is 75.7 cm³/mol. The minimum atomic E-state index is 0.765. The molecule has 0 aliphatic carbocycles. The van der Waals surface area contributed by atoms with Crippen LogP contribution in [0, 0.1) is 5.92 Å². The molecule has 2 aliphatic heterocycles. The molecule has 4 nitrogen and oxygen atoms in total. The molecule has 1 unspecified atom stereocenters. The van der Waals surface area contributed by atoms with Gasteiger partial charge < -0.3 is 10.2 Å². The van der Waals surface area contributed by atoms with Crippen molar-refractivity contribution in [2.45, 2.75) is 31.7 Å². The predicted octanol–water partition coefficient (Wildman–Crippen LogP) is 2.21. The lowest BCUT2D eigenvalue weighted by Crippen LogP contribution is -2.41. The van der Waals surface area contributed by atoms with Gasteiger partial charge in [0.1, 0.15) is 12.1 Å². The molecule has 0 spiro atoms. The average Bonchev–Trinajstić information content (AvgIpc) is 2.94. The first-order valence-corrected chi connectivity index (χ1v) is 7.58. The second kappa shape index (κ2) is 5.53. The van der Waals surface area contributed by atoms with Gasteiger partial charge in [-0.05, 0) is 54.1 Å². The second-order valence-corrected chi connectivity index (χ2v) is 6.08. The molecule has 1 N–H and O–H groups in total. The van der Waals surface area contributed by atoms with Crippen LogP contribution in [0.5, 0.6) is 0 Å². The van der Waals surface area contributed by atoms with Gasteiger partial charge in [0.2, 0.25) is 0 Å². The molecule has 1 aromatic rings. The van der Waals surface area contributed by atoms with Gasteiger partial charge in [0.25, 0.3) is 0 Å². The molecule has 1 atom stereocenters. The zero-order valence-corrected chi connectivity index (χ0v) is 12.1. The van der Waals surface area contributed by atoms with Crippen LogP contribution in [-0.4, -0.2) is 35.6 Å². The maximum absolute atomic E-state index is 4.38. The van der Waals surface area contributed by atoms with E-state index in [1.54, 1.807) is 6.33 Å². The molecule has 3 heterocycles. The number of piperidine rings is 1. The van der Waals surface area contributed by atoms with Crippen molar-refractivity contribution < 1.29 is 0 Å². The topological polar surface area (TPSA) is 41.1 Å². The fourth-order valence-corrected chi connectivity index (χ4v) is 3.64. The molecule has 0 radical (unpaired) electrons. The monoisotopic (exact) mass is 310 g/mol. The van der Waals surface area contributed by atoms with Crippen molar-refractivity contribution in [1.82, 2.24) is 15.3 Å². The van der Waals surface area contributed by atoms with E-state index in [0.29, 0.717) is 0 Å². The Balaban J connectivity index is 1.61. The molecule has 0 amide bonds. The van der Waals surface area contributed by atoms with Crippen LogP contribution in [0.25, 0.3) is 0 Å². The maximum atomic E-state index is 4.38. The van der Waals surface area contributed by atoms with Gasteiger partial charge in [-0.2, -0.15) is 0 Å². The fraction of sp³-hybridized carbons (Fsp3) is 0.692. The number of nitrogens with zero attached hydrogens (tertiary/aromatic N) is 3. The van der Waals surface area contributed by atoms with Gasteiger partial charge in [-0.15, -0.1) is 0 Å². The first-order chi connectivity index (χ1) is 8.84. The van der Waals surface area contributed by atoms with Gasteiger partial charge >= 0.3 is 0 Å². The van der Waals surface area contributed by atoms with E-state index < -0.39 is 0 Å². The van der Waals surface area contributed by atoms with Gasteiger partial charge in [-0.3, -0.25) is 0 Å². The summed E-state index contributed by atoms with van der Waals surface area (Å²) in [5, 5.41) is 3.64. The van der Waals surface area contributed by atoms with Gasteiger partial charge in [-0.25, -0.2) is 9.97 Å². The van der Waals surface area contributed by atoms with Crippen molar-refractivity contribution in [2.75, 3.05) is 24.5 Å². The van der Waals surface area contributed by atoms with E-state index >= 15 is 0 Å². The molecular weight excluding hydrogens is 292 g/mol. The third-order valence-corrected chi connectivity index (χ3v) is 4.71. The van der Waals surface area contributed by atoms with Gasteiger partial charge in [0.05, 0.1) is 4.47 Å². The molecule has 0 aromatic carbocycles. The summed E-state index contributed by atoms with van der Waals surface area (Å²) in [5.74, 6) is 1.90. The van der Waals surface area contributed by atoms with Crippen LogP contribution >= 0.6 is 15.9 Å².